The number of rotatable bonds is 7. The van der Waals surface area contributed by atoms with Crippen LogP contribution in [0, 0.1) is 17.1 Å². The van der Waals surface area contributed by atoms with Crippen molar-refractivity contribution < 1.29 is 9.18 Å². The Labute approximate surface area is 112 Å². The number of benzene rings is 1. The largest absolute Gasteiger partial charge is 0.354 e. The molecule has 0 radical (unpaired) electrons. The van der Waals surface area contributed by atoms with Gasteiger partial charge in [0.05, 0.1) is 19.0 Å². The fraction of sp³-hybridized carbons (Fsp3) is 0.429. The van der Waals surface area contributed by atoms with E-state index in [1.807, 2.05) is 13.0 Å². The summed E-state index contributed by atoms with van der Waals surface area (Å²) in [7, 11) is 0. The van der Waals surface area contributed by atoms with E-state index >= 15 is 0 Å². The zero-order valence-corrected chi connectivity index (χ0v) is 10.9. The van der Waals surface area contributed by atoms with Gasteiger partial charge in [0.1, 0.15) is 5.82 Å². The quantitative estimate of drug-likeness (QED) is 0.730. The molecule has 1 atom stereocenters. The summed E-state index contributed by atoms with van der Waals surface area (Å²) in [6.07, 6.45) is 1.04. The van der Waals surface area contributed by atoms with Gasteiger partial charge in [0, 0.05) is 12.6 Å². The summed E-state index contributed by atoms with van der Waals surface area (Å²) in [6, 6.07) is 8.40. The molecule has 0 heterocycles. The van der Waals surface area contributed by atoms with Crippen LogP contribution in [-0.4, -0.2) is 25.0 Å². The Kier molecular flexibility index (Phi) is 6.55. The first-order valence-corrected chi connectivity index (χ1v) is 6.23. The Morgan fingerprint density at radius 3 is 2.74 bits per heavy atom. The number of nitrogens with one attached hydrogen (secondary N) is 2. The number of halogens is 1. The van der Waals surface area contributed by atoms with Crippen LogP contribution in [0.4, 0.5) is 4.39 Å². The zero-order chi connectivity index (χ0) is 14.1. The molecule has 19 heavy (non-hydrogen) atoms. The molecule has 4 nitrogen and oxygen atoms in total. The van der Waals surface area contributed by atoms with Gasteiger partial charge in [-0.15, -0.1) is 0 Å². The smallest absolute Gasteiger partial charge is 0.233 e. The number of nitriles is 1. The second-order valence-corrected chi connectivity index (χ2v) is 4.37. The molecule has 1 amide bonds. The Morgan fingerprint density at radius 2 is 2.11 bits per heavy atom. The van der Waals surface area contributed by atoms with Crippen LogP contribution in [0.3, 0.4) is 0 Å². The van der Waals surface area contributed by atoms with E-state index in [-0.39, 0.29) is 24.3 Å². The minimum absolute atomic E-state index is 0.118. The van der Waals surface area contributed by atoms with Crippen molar-refractivity contribution in [1.82, 2.24) is 10.6 Å². The Morgan fingerprint density at radius 1 is 1.42 bits per heavy atom. The van der Waals surface area contributed by atoms with Gasteiger partial charge in [-0.1, -0.05) is 12.1 Å². The predicted molar refractivity (Wildman–Crippen MR) is 70.8 cm³/mol. The molecule has 1 rings (SSSR count). The Bertz CT molecular complexity index is 439. The van der Waals surface area contributed by atoms with Gasteiger partial charge in [-0.25, -0.2) is 4.39 Å². The minimum atomic E-state index is -0.249. The molecule has 5 heteroatoms. The lowest BCUT2D eigenvalue weighted by Gasteiger charge is -2.13. The van der Waals surface area contributed by atoms with Crippen molar-refractivity contribution in [3.63, 3.8) is 0 Å². The van der Waals surface area contributed by atoms with E-state index in [1.165, 1.54) is 12.1 Å². The SMILES string of the molecule is CC(Cc1ccc(F)cc1)NCC(=O)NCCC#N. The molecule has 0 saturated carbocycles. The van der Waals surface area contributed by atoms with E-state index < -0.39 is 0 Å². The van der Waals surface area contributed by atoms with Crippen LogP contribution in [0.2, 0.25) is 0 Å². The molecule has 0 aromatic heterocycles. The maximum Gasteiger partial charge on any atom is 0.233 e. The molecule has 1 aromatic rings. The first kappa shape index (κ1) is 15.1. The molecule has 0 aliphatic carbocycles. The van der Waals surface area contributed by atoms with Gasteiger partial charge in [-0.3, -0.25) is 4.79 Å². The monoisotopic (exact) mass is 263 g/mol. The van der Waals surface area contributed by atoms with E-state index in [2.05, 4.69) is 10.6 Å². The summed E-state index contributed by atoms with van der Waals surface area (Å²) >= 11 is 0. The molecule has 1 unspecified atom stereocenters. The number of amides is 1. The highest BCUT2D eigenvalue weighted by Crippen LogP contribution is 2.05. The van der Waals surface area contributed by atoms with E-state index in [0.29, 0.717) is 13.0 Å². The number of nitrogens with zero attached hydrogens (tertiary/aromatic N) is 1. The Balaban J connectivity index is 2.24. The van der Waals surface area contributed by atoms with Crippen molar-refractivity contribution in [3.8, 4) is 6.07 Å². The van der Waals surface area contributed by atoms with Gasteiger partial charge >= 0.3 is 0 Å². The van der Waals surface area contributed by atoms with Gasteiger partial charge < -0.3 is 10.6 Å². The van der Waals surface area contributed by atoms with E-state index in [1.54, 1.807) is 12.1 Å². The van der Waals surface area contributed by atoms with Gasteiger partial charge in [-0.2, -0.15) is 5.26 Å². The van der Waals surface area contributed by atoms with Crippen LogP contribution in [0.1, 0.15) is 18.9 Å². The van der Waals surface area contributed by atoms with Crippen LogP contribution in [0.15, 0.2) is 24.3 Å². The molecule has 102 valence electrons. The van der Waals surface area contributed by atoms with Crippen LogP contribution in [0.25, 0.3) is 0 Å². The third kappa shape index (κ3) is 6.53. The van der Waals surface area contributed by atoms with E-state index in [4.69, 9.17) is 5.26 Å². The molecular formula is C14H18FN3O. The average molecular weight is 263 g/mol. The van der Waals surface area contributed by atoms with Gasteiger partial charge in [0.2, 0.25) is 5.91 Å². The van der Waals surface area contributed by atoms with Crippen LogP contribution < -0.4 is 10.6 Å². The van der Waals surface area contributed by atoms with Crippen molar-refractivity contribution in [2.24, 2.45) is 0 Å². The summed E-state index contributed by atoms with van der Waals surface area (Å²) in [5.41, 5.74) is 1.02. The Hall–Kier alpha value is -1.93. The van der Waals surface area contributed by atoms with Crippen LogP contribution in [-0.2, 0) is 11.2 Å². The standard InChI is InChI=1S/C14H18FN3O/c1-11(9-12-3-5-13(15)6-4-12)18-10-14(19)17-8-2-7-16/h3-6,11,18H,2,8-10H2,1H3,(H,17,19). The third-order valence-corrected chi connectivity index (χ3v) is 2.63. The van der Waals surface area contributed by atoms with Crippen LogP contribution >= 0.6 is 0 Å². The highest BCUT2D eigenvalue weighted by atomic mass is 19.1. The molecule has 1 aromatic carbocycles. The second-order valence-electron chi connectivity index (χ2n) is 4.37. The lowest BCUT2D eigenvalue weighted by atomic mass is 10.1. The highest BCUT2D eigenvalue weighted by molar-refractivity contribution is 5.77. The maximum absolute atomic E-state index is 12.7. The molecule has 0 aliphatic rings. The summed E-state index contributed by atoms with van der Waals surface area (Å²) in [6.45, 7) is 2.56. The first-order valence-electron chi connectivity index (χ1n) is 6.23. The topological polar surface area (TPSA) is 64.9 Å². The fourth-order valence-electron chi connectivity index (χ4n) is 1.63. The lowest BCUT2D eigenvalue weighted by molar-refractivity contribution is -0.120. The van der Waals surface area contributed by atoms with E-state index in [9.17, 15) is 9.18 Å². The van der Waals surface area contributed by atoms with Crippen molar-refractivity contribution >= 4 is 5.91 Å². The fourth-order valence-corrected chi connectivity index (χ4v) is 1.63. The average Bonchev–Trinajstić information content (AvgIpc) is 2.39. The van der Waals surface area contributed by atoms with Gasteiger partial charge in [0.25, 0.3) is 0 Å². The number of hydrogen-bond donors (Lipinski definition) is 2. The third-order valence-electron chi connectivity index (χ3n) is 2.63. The molecular weight excluding hydrogens is 245 g/mol. The van der Waals surface area contributed by atoms with Crippen molar-refractivity contribution in [2.45, 2.75) is 25.8 Å². The van der Waals surface area contributed by atoms with Gasteiger partial charge in [-0.05, 0) is 31.0 Å². The molecule has 0 saturated heterocycles. The first-order chi connectivity index (χ1) is 9.11. The van der Waals surface area contributed by atoms with Crippen LogP contribution in [0.5, 0.6) is 0 Å². The van der Waals surface area contributed by atoms with Crippen molar-refractivity contribution in [1.29, 1.82) is 5.26 Å². The molecule has 0 aliphatic heterocycles. The summed E-state index contributed by atoms with van der Waals surface area (Å²) in [5, 5.41) is 14.1. The summed E-state index contributed by atoms with van der Waals surface area (Å²) in [4.78, 5) is 11.4. The number of carbonyl (C=O) groups excluding carboxylic acids is 1. The maximum atomic E-state index is 12.7. The number of hydrogen-bond acceptors (Lipinski definition) is 3. The van der Waals surface area contributed by atoms with Gasteiger partial charge in [0.15, 0.2) is 0 Å². The highest BCUT2D eigenvalue weighted by Gasteiger charge is 2.06. The predicted octanol–water partition coefficient (Wildman–Crippen LogP) is 1.38. The van der Waals surface area contributed by atoms with Crippen molar-refractivity contribution in [3.05, 3.63) is 35.6 Å². The lowest BCUT2D eigenvalue weighted by Crippen LogP contribution is -2.39. The normalized spacial score (nSPS) is 11.6. The summed E-state index contributed by atoms with van der Waals surface area (Å²) in [5.74, 6) is -0.373. The molecule has 0 fully saturated rings. The minimum Gasteiger partial charge on any atom is -0.354 e. The zero-order valence-electron chi connectivity index (χ0n) is 10.9. The summed E-state index contributed by atoms with van der Waals surface area (Å²) < 4.78 is 12.7. The van der Waals surface area contributed by atoms with E-state index in [0.717, 1.165) is 12.0 Å². The van der Waals surface area contributed by atoms with Crippen molar-refractivity contribution in [2.75, 3.05) is 13.1 Å². The molecule has 0 bridgehead atoms. The number of carbonyl (C=O) groups is 1. The molecule has 0 spiro atoms. The molecule has 2 N–H and O–H groups in total. The second kappa shape index (κ2) is 8.22.